The zero-order chi connectivity index (χ0) is 12.1. The van der Waals surface area contributed by atoms with E-state index in [0.717, 1.165) is 0 Å². The fourth-order valence-electron chi connectivity index (χ4n) is 0.891. The number of hydrogen-bond acceptors (Lipinski definition) is 2. The zero-order valence-corrected chi connectivity index (χ0v) is 8.37. The van der Waals surface area contributed by atoms with Crippen LogP contribution in [0.4, 0.5) is 13.2 Å². The first-order valence-electron chi connectivity index (χ1n) is 4.41. The highest BCUT2D eigenvalue weighted by atomic mass is 19.4. The maximum atomic E-state index is 12.0. The predicted molar refractivity (Wildman–Crippen MR) is 48.8 cm³/mol. The fourth-order valence-corrected chi connectivity index (χ4v) is 0.891. The van der Waals surface area contributed by atoms with Gasteiger partial charge in [-0.05, 0) is 12.3 Å². The van der Waals surface area contributed by atoms with E-state index in [-0.39, 0.29) is 18.9 Å². The van der Waals surface area contributed by atoms with Gasteiger partial charge in [0.25, 0.3) is 0 Å². The summed E-state index contributed by atoms with van der Waals surface area (Å²) in [6.07, 6.45) is -5.64. The molecule has 0 heterocycles. The summed E-state index contributed by atoms with van der Waals surface area (Å²) in [6, 6.07) is 0. The number of alkyl halides is 3. The zero-order valence-electron chi connectivity index (χ0n) is 8.37. The van der Waals surface area contributed by atoms with E-state index in [0.29, 0.717) is 11.3 Å². The maximum Gasteiger partial charge on any atom is 0.433 e. The van der Waals surface area contributed by atoms with Crippen molar-refractivity contribution < 1.29 is 23.1 Å². The Kier molecular flexibility index (Phi) is 5.35. The van der Waals surface area contributed by atoms with Gasteiger partial charge in [-0.25, -0.2) is 0 Å². The number of halogens is 3. The smallest absolute Gasteiger partial charge is 0.366 e. The molecule has 0 rings (SSSR count). The van der Waals surface area contributed by atoms with E-state index >= 15 is 0 Å². The normalized spacial score (nSPS) is 15.5. The van der Waals surface area contributed by atoms with Crippen LogP contribution in [0.5, 0.6) is 0 Å². The van der Waals surface area contributed by atoms with Gasteiger partial charge in [0.1, 0.15) is 0 Å². The molecule has 2 atom stereocenters. The van der Waals surface area contributed by atoms with Gasteiger partial charge in [0, 0.05) is 6.54 Å². The number of carbonyl (C=O) groups excluding carboxylic acids is 1. The van der Waals surface area contributed by atoms with Crippen molar-refractivity contribution in [2.75, 3.05) is 6.54 Å². The molecule has 88 valence electrons. The molecule has 0 aliphatic rings. The summed E-state index contributed by atoms with van der Waals surface area (Å²) in [5, 5.41) is 8.77. The topological polar surface area (TPSA) is 40.5 Å². The molecular formula is C9H14F3NO2. The molecule has 6 heteroatoms. The molecule has 0 aromatic heterocycles. The Morgan fingerprint density at radius 3 is 2.40 bits per heavy atom. The van der Waals surface area contributed by atoms with Crippen LogP contribution in [0, 0.1) is 5.92 Å². The minimum absolute atomic E-state index is 0.00599. The van der Waals surface area contributed by atoms with Gasteiger partial charge >= 0.3 is 6.18 Å². The van der Waals surface area contributed by atoms with E-state index in [1.165, 1.54) is 0 Å². The van der Waals surface area contributed by atoms with E-state index in [1.807, 2.05) is 0 Å². The van der Waals surface area contributed by atoms with Gasteiger partial charge in [-0.1, -0.05) is 13.0 Å². The predicted octanol–water partition coefficient (Wildman–Crippen LogP) is 1.54. The molecule has 15 heavy (non-hydrogen) atoms. The average Bonchev–Trinajstić information content (AvgIpc) is 2.16. The Labute approximate surface area is 86.2 Å². The number of aliphatic hydroxyl groups is 1. The van der Waals surface area contributed by atoms with Crippen LogP contribution in [0.15, 0.2) is 12.7 Å². The van der Waals surface area contributed by atoms with Crippen molar-refractivity contribution in [2.45, 2.75) is 25.7 Å². The first-order valence-corrected chi connectivity index (χ1v) is 4.41. The number of rotatable bonds is 6. The third kappa shape index (κ3) is 4.83. The van der Waals surface area contributed by atoms with Gasteiger partial charge in [-0.15, -0.1) is 6.58 Å². The lowest BCUT2D eigenvalue weighted by Gasteiger charge is -2.26. The van der Waals surface area contributed by atoms with E-state index in [1.54, 1.807) is 13.0 Å². The molecule has 0 aliphatic carbocycles. The second-order valence-corrected chi connectivity index (χ2v) is 3.26. The van der Waals surface area contributed by atoms with Crippen LogP contribution in [-0.2, 0) is 4.79 Å². The molecule has 3 nitrogen and oxygen atoms in total. The number of nitrogens with zero attached hydrogens (tertiary/aromatic N) is 1. The number of amides is 1. The Morgan fingerprint density at radius 2 is 2.07 bits per heavy atom. The van der Waals surface area contributed by atoms with Crippen molar-refractivity contribution in [3.8, 4) is 0 Å². The molecule has 0 fully saturated rings. The number of aliphatic hydroxyl groups excluding tert-OH is 1. The molecule has 1 N–H and O–H groups in total. The molecule has 0 saturated heterocycles. The largest absolute Gasteiger partial charge is 0.433 e. The second-order valence-electron chi connectivity index (χ2n) is 3.26. The summed E-state index contributed by atoms with van der Waals surface area (Å²) < 4.78 is 36.1. The van der Waals surface area contributed by atoms with Crippen molar-refractivity contribution in [3.05, 3.63) is 12.7 Å². The van der Waals surface area contributed by atoms with Crippen LogP contribution in [-0.4, -0.2) is 35.4 Å². The Morgan fingerprint density at radius 1 is 1.53 bits per heavy atom. The van der Waals surface area contributed by atoms with Crippen molar-refractivity contribution in [2.24, 2.45) is 5.92 Å². The third-order valence-corrected chi connectivity index (χ3v) is 1.99. The van der Waals surface area contributed by atoms with Crippen LogP contribution in [0.2, 0.25) is 0 Å². The van der Waals surface area contributed by atoms with Crippen molar-refractivity contribution >= 4 is 6.41 Å². The lowest BCUT2D eigenvalue weighted by Crippen LogP contribution is -2.45. The van der Waals surface area contributed by atoms with Crippen molar-refractivity contribution in [3.63, 3.8) is 0 Å². The molecule has 0 aromatic carbocycles. The fraction of sp³-hybridized carbons (Fsp3) is 0.667. The molecule has 0 saturated carbocycles. The maximum absolute atomic E-state index is 12.0. The van der Waals surface area contributed by atoms with Crippen LogP contribution in [0.1, 0.15) is 13.3 Å². The summed E-state index contributed by atoms with van der Waals surface area (Å²) in [5.41, 5.74) is 0. The number of allylic oxidation sites excluding steroid dienone is 1. The molecule has 0 aromatic rings. The van der Waals surface area contributed by atoms with E-state index in [2.05, 4.69) is 6.58 Å². The van der Waals surface area contributed by atoms with Gasteiger partial charge in [0.2, 0.25) is 12.6 Å². The van der Waals surface area contributed by atoms with E-state index in [4.69, 9.17) is 5.11 Å². The number of carbonyl (C=O) groups is 1. The Bertz CT molecular complexity index is 218. The Hall–Kier alpha value is -1.04. The van der Waals surface area contributed by atoms with Crippen molar-refractivity contribution in [1.82, 2.24) is 4.90 Å². The highest BCUT2D eigenvalue weighted by Gasteiger charge is 2.42. The summed E-state index contributed by atoms with van der Waals surface area (Å²) in [4.78, 5) is 10.7. The first kappa shape index (κ1) is 14.0. The molecule has 0 radical (unpaired) electrons. The van der Waals surface area contributed by atoms with Crippen LogP contribution in [0.3, 0.4) is 0 Å². The van der Waals surface area contributed by atoms with Gasteiger partial charge in [0.05, 0.1) is 0 Å². The summed E-state index contributed by atoms with van der Waals surface area (Å²) in [6.45, 7) is 5.07. The molecule has 2 unspecified atom stereocenters. The Balaban J connectivity index is 4.25. The van der Waals surface area contributed by atoms with Crippen molar-refractivity contribution in [1.29, 1.82) is 0 Å². The van der Waals surface area contributed by atoms with Crippen LogP contribution < -0.4 is 0 Å². The lowest BCUT2D eigenvalue weighted by atomic mass is 10.1. The monoisotopic (exact) mass is 225 g/mol. The van der Waals surface area contributed by atoms with Crippen LogP contribution >= 0.6 is 0 Å². The molecule has 0 aliphatic heterocycles. The van der Waals surface area contributed by atoms with Crippen LogP contribution in [0.25, 0.3) is 0 Å². The first-order chi connectivity index (χ1) is 6.82. The second kappa shape index (κ2) is 5.75. The van der Waals surface area contributed by atoms with Gasteiger partial charge in [-0.2, -0.15) is 13.2 Å². The molecular weight excluding hydrogens is 211 g/mol. The molecule has 0 spiro atoms. The average molecular weight is 225 g/mol. The highest BCUT2D eigenvalue weighted by molar-refractivity contribution is 5.47. The highest BCUT2D eigenvalue weighted by Crippen LogP contribution is 2.22. The minimum atomic E-state index is -4.81. The lowest BCUT2D eigenvalue weighted by molar-refractivity contribution is -0.244. The quantitative estimate of drug-likeness (QED) is 0.423. The third-order valence-electron chi connectivity index (χ3n) is 1.99. The van der Waals surface area contributed by atoms with E-state index in [9.17, 15) is 18.0 Å². The van der Waals surface area contributed by atoms with Gasteiger partial charge < -0.3 is 10.0 Å². The number of hydrogen-bond donors (Lipinski definition) is 1. The SMILES string of the molecule is C=CC(C)CCN(C=O)C(O)C(F)(F)F. The van der Waals surface area contributed by atoms with Gasteiger partial charge in [-0.3, -0.25) is 4.79 Å². The standard InChI is InChI=1S/C9H14F3NO2/c1-3-7(2)4-5-13(6-14)8(15)9(10,11)12/h3,6-8,15H,1,4-5H2,2H3. The summed E-state index contributed by atoms with van der Waals surface area (Å²) in [7, 11) is 0. The summed E-state index contributed by atoms with van der Waals surface area (Å²) in [5.74, 6) is -0.00659. The minimum Gasteiger partial charge on any atom is -0.366 e. The van der Waals surface area contributed by atoms with E-state index < -0.39 is 12.4 Å². The molecule has 0 bridgehead atoms. The molecule has 1 amide bonds. The summed E-state index contributed by atoms with van der Waals surface area (Å²) >= 11 is 0. The van der Waals surface area contributed by atoms with Gasteiger partial charge in [0.15, 0.2) is 0 Å².